The number of carbonyl (C=O) groups is 1. The van der Waals surface area contributed by atoms with Crippen LogP contribution in [-0.4, -0.2) is 18.7 Å². The van der Waals surface area contributed by atoms with Crippen molar-refractivity contribution in [3.8, 4) is 0 Å². The maximum atomic E-state index is 12.7. The molecule has 3 rings (SSSR count). The van der Waals surface area contributed by atoms with Crippen LogP contribution in [0.1, 0.15) is 10.4 Å². The van der Waals surface area contributed by atoms with Crippen LogP contribution in [0, 0.1) is 0 Å². The molecule has 0 aliphatic carbocycles. The molecule has 0 amide bonds. The highest BCUT2D eigenvalue weighted by Gasteiger charge is 2.20. The number of benzene rings is 2. The minimum Gasteiger partial charge on any atom is -0.298 e. The number of carbonyl (C=O) groups excluding carboxylic acids is 1. The highest BCUT2D eigenvalue weighted by molar-refractivity contribution is 9.10. The summed E-state index contributed by atoms with van der Waals surface area (Å²) in [6.45, 7) is 0. The first-order valence-corrected chi connectivity index (χ1v) is 8.34. The molecule has 0 saturated carbocycles. The van der Waals surface area contributed by atoms with Crippen LogP contribution in [0.2, 0.25) is 0 Å². The molecule has 3 aromatic rings. The van der Waals surface area contributed by atoms with Gasteiger partial charge in [-0.25, -0.2) is 12.4 Å². The highest BCUT2D eigenvalue weighted by atomic mass is 79.9. The molecule has 0 aliphatic rings. The number of aromatic nitrogens is 1. The van der Waals surface area contributed by atoms with Gasteiger partial charge in [0.25, 0.3) is 10.0 Å². The van der Waals surface area contributed by atoms with Crippen LogP contribution in [0.5, 0.6) is 0 Å². The number of hydrogen-bond donors (Lipinski definition) is 0. The van der Waals surface area contributed by atoms with Crippen molar-refractivity contribution in [2.45, 2.75) is 4.90 Å². The zero-order valence-corrected chi connectivity index (χ0v) is 13.1. The van der Waals surface area contributed by atoms with E-state index in [-0.39, 0.29) is 4.90 Å². The van der Waals surface area contributed by atoms with Crippen LogP contribution in [0.25, 0.3) is 10.9 Å². The second-order valence-corrected chi connectivity index (χ2v) is 7.15. The summed E-state index contributed by atoms with van der Waals surface area (Å²) in [5.74, 6) is 0. The fraction of sp³-hybridized carbons (Fsp3) is 0. The zero-order valence-electron chi connectivity index (χ0n) is 10.7. The monoisotopic (exact) mass is 363 g/mol. The predicted octanol–water partition coefficient (Wildman–Crippen LogP) is 3.45. The van der Waals surface area contributed by atoms with E-state index in [1.807, 2.05) is 0 Å². The van der Waals surface area contributed by atoms with Crippen molar-refractivity contribution in [2.75, 3.05) is 0 Å². The molecule has 0 spiro atoms. The summed E-state index contributed by atoms with van der Waals surface area (Å²) < 4.78 is 27.2. The molecule has 0 bridgehead atoms. The van der Waals surface area contributed by atoms with Gasteiger partial charge in [-0.15, -0.1) is 0 Å². The molecule has 4 nitrogen and oxygen atoms in total. The summed E-state index contributed by atoms with van der Waals surface area (Å²) in [6, 6.07) is 13.1. The first-order valence-electron chi connectivity index (χ1n) is 6.10. The Morgan fingerprint density at radius 3 is 2.43 bits per heavy atom. The van der Waals surface area contributed by atoms with Crippen LogP contribution < -0.4 is 0 Å². The molecule has 2 aromatic carbocycles. The van der Waals surface area contributed by atoms with Crippen LogP contribution in [0.15, 0.2) is 64.1 Å². The average Bonchev–Trinajstić information content (AvgIpc) is 2.85. The van der Waals surface area contributed by atoms with Gasteiger partial charge in [-0.1, -0.05) is 18.2 Å². The van der Waals surface area contributed by atoms with Gasteiger partial charge < -0.3 is 0 Å². The summed E-state index contributed by atoms with van der Waals surface area (Å²) in [6.07, 6.45) is 2.23. The van der Waals surface area contributed by atoms with E-state index in [2.05, 4.69) is 15.9 Å². The summed E-state index contributed by atoms with van der Waals surface area (Å²) in [4.78, 5) is 11.1. The number of halogens is 1. The molecule has 0 fully saturated rings. The van der Waals surface area contributed by atoms with Gasteiger partial charge in [0, 0.05) is 21.6 Å². The van der Waals surface area contributed by atoms with E-state index in [1.54, 1.807) is 48.5 Å². The summed E-state index contributed by atoms with van der Waals surface area (Å²) >= 11 is 3.34. The summed E-state index contributed by atoms with van der Waals surface area (Å²) in [7, 11) is -3.67. The lowest BCUT2D eigenvalue weighted by Crippen LogP contribution is -2.11. The van der Waals surface area contributed by atoms with Gasteiger partial charge in [0.2, 0.25) is 0 Å². The second-order valence-electron chi connectivity index (χ2n) is 4.49. The lowest BCUT2D eigenvalue weighted by Gasteiger charge is -2.07. The van der Waals surface area contributed by atoms with Crippen molar-refractivity contribution < 1.29 is 13.2 Å². The van der Waals surface area contributed by atoms with E-state index in [9.17, 15) is 13.2 Å². The number of aldehydes is 1. The molecule has 0 aliphatic heterocycles. The van der Waals surface area contributed by atoms with Crippen molar-refractivity contribution in [1.82, 2.24) is 3.97 Å². The Balaban J connectivity index is 2.29. The smallest absolute Gasteiger partial charge is 0.268 e. The third-order valence-electron chi connectivity index (χ3n) is 3.18. The van der Waals surface area contributed by atoms with Crippen molar-refractivity contribution in [3.63, 3.8) is 0 Å². The van der Waals surface area contributed by atoms with E-state index in [4.69, 9.17) is 0 Å². The quantitative estimate of drug-likeness (QED) is 0.669. The average molecular weight is 364 g/mol. The summed E-state index contributed by atoms with van der Waals surface area (Å²) in [5, 5.41) is 0.680. The van der Waals surface area contributed by atoms with E-state index in [0.717, 1.165) is 6.29 Å². The standard InChI is InChI=1S/C15H10BrNO3S/c16-14-9-17(15-7-6-11(10-18)8-13(14)15)21(19,20)12-4-2-1-3-5-12/h1-10H. The molecule has 0 atom stereocenters. The normalized spacial score (nSPS) is 11.7. The minimum absolute atomic E-state index is 0.217. The van der Waals surface area contributed by atoms with Gasteiger partial charge in [0.1, 0.15) is 6.29 Å². The zero-order chi connectivity index (χ0) is 15.0. The van der Waals surface area contributed by atoms with Gasteiger partial charge in [0.05, 0.1) is 10.4 Å². The van der Waals surface area contributed by atoms with Gasteiger partial charge >= 0.3 is 0 Å². The lowest BCUT2D eigenvalue weighted by molar-refractivity contribution is 0.112. The molecular weight excluding hydrogens is 354 g/mol. The Morgan fingerprint density at radius 1 is 1.05 bits per heavy atom. The lowest BCUT2D eigenvalue weighted by atomic mass is 10.2. The van der Waals surface area contributed by atoms with E-state index < -0.39 is 10.0 Å². The Morgan fingerprint density at radius 2 is 1.76 bits per heavy atom. The van der Waals surface area contributed by atoms with Crippen LogP contribution in [-0.2, 0) is 10.0 Å². The first kappa shape index (κ1) is 14.0. The maximum absolute atomic E-state index is 12.7. The van der Waals surface area contributed by atoms with Crippen LogP contribution in [0.3, 0.4) is 0 Å². The van der Waals surface area contributed by atoms with Crippen molar-refractivity contribution in [3.05, 3.63) is 64.8 Å². The Kier molecular flexibility index (Phi) is 3.43. The van der Waals surface area contributed by atoms with Gasteiger partial charge in [0.15, 0.2) is 0 Å². The number of fused-ring (bicyclic) bond motifs is 1. The molecular formula is C15H10BrNO3S. The number of hydrogen-bond acceptors (Lipinski definition) is 3. The minimum atomic E-state index is -3.67. The number of rotatable bonds is 3. The molecule has 0 saturated heterocycles. The van der Waals surface area contributed by atoms with Crippen molar-refractivity contribution in [1.29, 1.82) is 0 Å². The molecule has 106 valence electrons. The highest BCUT2D eigenvalue weighted by Crippen LogP contribution is 2.30. The van der Waals surface area contributed by atoms with Crippen LogP contribution >= 0.6 is 15.9 Å². The number of nitrogens with zero attached hydrogens (tertiary/aromatic N) is 1. The third-order valence-corrected chi connectivity index (χ3v) is 5.50. The van der Waals surface area contributed by atoms with E-state index in [0.29, 0.717) is 20.9 Å². The molecule has 6 heteroatoms. The van der Waals surface area contributed by atoms with E-state index >= 15 is 0 Å². The van der Waals surface area contributed by atoms with E-state index in [1.165, 1.54) is 10.2 Å². The van der Waals surface area contributed by atoms with Crippen molar-refractivity contribution >= 4 is 43.1 Å². The molecule has 0 radical (unpaired) electrons. The topological polar surface area (TPSA) is 56.1 Å². The SMILES string of the molecule is O=Cc1ccc2c(c1)c(Br)cn2S(=O)(=O)c1ccccc1. The Labute approximate surface area is 130 Å². The van der Waals surface area contributed by atoms with Gasteiger partial charge in [-0.05, 0) is 46.3 Å². The molecule has 1 heterocycles. The molecule has 0 unspecified atom stereocenters. The second kappa shape index (κ2) is 5.13. The fourth-order valence-corrected chi connectivity index (χ4v) is 4.21. The summed E-state index contributed by atoms with van der Waals surface area (Å²) in [5.41, 5.74) is 1.02. The molecule has 1 aromatic heterocycles. The Bertz CT molecular complexity index is 930. The predicted molar refractivity (Wildman–Crippen MR) is 84.1 cm³/mol. The molecule has 0 N–H and O–H groups in total. The van der Waals surface area contributed by atoms with Crippen molar-refractivity contribution in [2.24, 2.45) is 0 Å². The third kappa shape index (κ3) is 2.30. The van der Waals surface area contributed by atoms with Gasteiger partial charge in [-0.3, -0.25) is 4.79 Å². The Hall–Kier alpha value is -1.92. The molecule has 21 heavy (non-hydrogen) atoms. The largest absolute Gasteiger partial charge is 0.298 e. The maximum Gasteiger partial charge on any atom is 0.268 e. The first-order chi connectivity index (χ1) is 10.0. The van der Waals surface area contributed by atoms with Crippen LogP contribution in [0.4, 0.5) is 0 Å². The van der Waals surface area contributed by atoms with Gasteiger partial charge in [-0.2, -0.15) is 0 Å². The fourth-order valence-electron chi connectivity index (χ4n) is 2.16.